The van der Waals surface area contributed by atoms with Crippen LogP contribution in [0.3, 0.4) is 0 Å². The van der Waals surface area contributed by atoms with E-state index in [-0.39, 0.29) is 6.61 Å². The summed E-state index contributed by atoms with van der Waals surface area (Å²) in [5.41, 5.74) is 6.90. The molecule has 0 saturated carbocycles. The smallest absolute Gasteiger partial charge is 0.217 e. The van der Waals surface area contributed by atoms with Crippen molar-refractivity contribution in [1.82, 2.24) is 4.98 Å². The summed E-state index contributed by atoms with van der Waals surface area (Å²) in [4.78, 5) is 6.46. The van der Waals surface area contributed by atoms with E-state index in [1.165, 1.54) is 0 Å². The van der Waals surface area contributed by atoms with Crippen molar-refractivity contribution in [3.63, 3.8) is 0 Å². The lowest BCUT2D eigenvalue weighted by Gasteiger charge is -2.24. The highest BCUT2D eigenvalue weighted by Gasteiger charge is 2.08. The van der Waals surface area contributed by atoms with Crippen molar-refractivity contribution in [3.8, 4) is 5.88 Å². The minimum absolute atomic E-state index is 0.0175. The van der Waals surface area contributed by atoms with Gasteiger partial charge in [-0.15, -0.1) is 0 Å². The van der Waals surface area contributed by atoms with Gasteiger partial charge in [-0.2, -0.15) is 4.98 Å². The average Bonchev–Trinajstić information content (AvgIpc) is 2.56. The molecule has 1 rings (SSSR count). The van der Waals surface area contributed by atoms with Gasteiger partial charge in [-0.1, -0.05) is 27.7 Å². The summed E-state index contributed by atoms with van der Waals surface area (Å²) in [6.07, 6.45) is 2.15. The molecular weight excluding hydrogens is 294 g/mol. The van der Waals surface area contributed by atoms with Gasteiger partial charge in [0.05, 0.1) is 19.8 Å². The van der Waals surface area contributed by atoms with Gasteiger partial charge in [0.1, 0.15) is 12.4 Å². The number of hydrogen-bond donors (Lipinski definition) is 2. The van der Waals surface area contributed by atoms with Gasteiger partial charge in [0, 0.05) is 30.9 Å². The molecule has 3 N–H and O–H groups in total. The first kappa shape index (κ1) is 21.5. The third kappa shape index (κ3) is 9.25. The summed E-state index contributed by atoms with van der Waals surface area (Å²) >= 11 is 0. The Balaban J connectivity index is 0.00000232. The van der Waals surface area contributed by atoms with Gasteiger partial charge in [-0.25, -0.2) is 0 Å². The van der Waals surface area contributed by atoms with E-state index in [1.54, 1.807) is 0 Å². The van der Waals surface area contributed by atoms with E-state index < -0.39 is 0 Å². The Morgan fingerprint density at radius 3 is 2.30 bits per heavy atom. The summed E-state index contributed by atoms with van der Waals surface area (Å²) in [5, 5.41) is 8.62. The second-order valence-electron chi connectivity index (χ2n) is 4.76. The predicted octanol–water partition coefficient (Wildman–Crippen LogP) is 2.70. The Kier molecular flexibility index (Phi) is 13.2. The van der Waals surface area contributed by atoms with Gasteiger partial charge in [0.15, 0.2) is 0 Å². The summed E-state index contributed by atoms with van der Waals surface area (Å²) in [7, 11) is 0. The molecule has 0 atom stereocenters. The number of aliphatic hydroxyl groups is 1. The molecule has 0 unspecified atom stereocenters. The third-order valence-electron chi connectivity index (χ3n) is 2.87. The summed E-state index contributed by atoms with van der Waals surface area (Å²) in [5.74, 6) is 0.964. The molecule has 0 aliphatic carbocycles. The monoisotopic (exact) mass is 327 g/mol. The van der Waals surface area contributed by atoms with Crippen LogP contribution in [-0.2, 0) is 4.74 Å². The molecule has 0 fully saturated rings. The van der Waals surface area contributed by atoms with Gasteiger partial charge >= 0.3 is 0 Å². The van der Waals surface area contributed by atoms with Crippen molar-refractivity contribution in [2.24, 2.45) is 0 Å². The van der Waals surface area contributed by atoms with Crippen molar-refractivity contribution in [1.29, 1.82) is 0 Å². The molecule has 1 aromatic rings. The van der Waals surface area contributed by atoms with Crippen LogP contribution in [0.4, 0.5) is 11.5 Å². The van der Waals surface area contributed by atoms with E-state index in [0.717, 1.165) is 31.6 Å². The van der Waals surface area contributed by atoms with E-state index in [2.05, 4.69) is 23.7 Å². The van der Waals surface area contributed by atoms with Crippen LogP contribution in [0.15, 0.2) is 12.1 Å². The van der Waals surface area contributed by atoms with Crippen LogP contribution in [0, 0.1) is 0 Å². The Labute approximate surface area is 140 Å². The van der Waals surface area contributed by atoms with Crippen molar-refractivity contribution in [3.05, 3.63) is 12.1 Å². The molecule has 0 aliphatic rings. The lowest BCUT2D eigenvalue weighted by molar-refractivity contribution is 0.0695. The molecule has 134 valence electrons. The largest absolute Gasteiger partial charge is 0.475 e. The minimum atomic E-state index is 0.0175. The normalized spacial score (nSPS) is 9.96. The molecule has 0 spiro atoms. The number of nitrogen functional groups attached to an aromatic ring is 1. The fourth-order valence-electron chi connectivity index (χ4n) is 2.05. The van der Waals surface area contributed by atoms with Crippen LogP contribution in [0.1, 0.15) is 40.5 Å². The van der Waals surface area contributed by atoms with Crippen molar-refractivity contribution in [2.75, 3.05) is 50.2 Å². The van der Waals surface area contributed by atoms with Crippen molar-refractivity contribution < 1.29 is 14.6 Å². The van der Waals surface area contributed by atoms with Crippen LogP contribution >= 0.6 is 0 Å². The van der Waals surface area contributed by atoms with Gasteiger partial charge in [0.2, 0.25) is 5.88 Å². The molecule has 0 saturated heterocycles. The standard InChI is InChI=1S/C15H27N3O3.C2H6/c1-3-5-18(6-4-2)13-11-14(16)17-15(12-13)21-10-9-20-8-7-19;1-2/h11-12,19H,3-10H2,1-2H3,(H2,16,17);1-2H3. The summed E-state index contributed by atoms with van der Waals surface area (Å²) in [6, 6.07) is 3.79. The number of anilines is 2. The maximum atomic E-state index is 8.62. The number of rotatable bonds is 11. The fourth-order valence-corrected chi connectivity index (χ4v) is 2.05. The minimum Gasteiger partial charge on any atom is -0.475 e. The Morgan fingerprint density at radius 1 is 1.09 bits per heavy atom. The zero-order chi connectivity index (χ0) is 17.5. The highest BCUT2D eigenvalue weighted by molar-refractivity contribution is 5.55. The SMILES string of the molecule is CC.CCCN(CCC)c1cc(N)nc(OCCOCCO)c1. The molecule has 1 aromatic heterocycles. The number of hydrogen-bond acceptors (Lipinski definition) is 6. The van der Waals surface area contributed by atoms with Crippen molar-refractivity contribution >= 4 is 11.5 Å². The molecule has 0 amide bonds. The predicted molar refractivity (Wildman–Crippen MR) is 96.2 cm³/mol. The molecule has 6 heteroatoms. The maximum Gasteiger partial charge on any atom is 0.217 e. The summed E-state index contributed by atoms with van der Waals surface area (Å²) < 4.78 is 10.7. The molecular formula is C17H33N3O3. The lowest BCUT2D eigenvalue weighted by atomic mass is 10.3. The van der Waals surface area contributed by atoms with E-state index in [9.17, 15) is 0 Å². The topological polar surface area (TPSA) is 80.8 Å². The molecule has 6 nitrogen and oxygen atoms in total. The third-order valence-corrected chi connectivity index (χ3v) is 2.87. The number of aliphatic hydroxyl groups excluding tert-OH is 1. The van der Waals surface area contributed by atoms with Crippen molar-refractivity contribution in [2.45, 2.75) is 40.5 Å². The number of aromatic nitrogens is 1. The lowest BCUT2D eigenvalue weighted by Crippen LogP contribution is -2.25. The van der Waals surface area contributed by atoms with Crippen LogP contribution in [-0.4, -0.2) is 49.6 Å². The van der Waals surface area contributed by atoms with Gasteiger partial charge in [-0.3, -0.25) is 0 Å². The average molecular weight is 327 g/mol. The molecule has 0 aliphatic heterocycles. The first-order valence-corrected chi connectivity index (χ1v) is 8.55. The molecule has 0 aromatic carbocycles. The first-order valence-electron chi connectivity index (χ1n) is 8.55. The number of ether oxygens (including phenoxy) is 2. The molecule has 0 bridgehead atoms. The fraction of sp³-hybridized carbons (Fsp3) is 0.706. The second-order valence-corrected chi connectivity index (χ2v) is 4.76. The van der Waals surface area contributed by atoms with E-state index in [1.807, 2.05) is 26.0 Å². The number of pyridine rings is 1. The van der Waals surface area contributed by atoms with E-state index in [4.69, 9.17) is 20.3 Å². The van der Waals surface area contributed by atoms with Crippen LogP contribution < -0.4 is 15.4 Å². The van der Waals surface area contributed by atoms with Gasteiger partial charge in [0.25, 0.3) is 0 Å². The van der Waals surface area contributed by atoms with E-state index in [0.29, 0.717) is 31.5 Å². The molecule has 23 heavy (non-hydrogen) atoms. The number of nitrogens with two attached hydrogens (primary N) is 1. The molecule has 1 heterocycles. The van der Waals surface area contributed by atoms with Crippen LogP contribution in [0.25, 0.3) is 0 Å². The zero-order valence-electron chi connectivity index (χ0n) is 15.0. The Bertz CT molecular complexity index is 397. The van der Waals surface area contributed by atoms with Crippen LogP contribution in [0.2, 0.25) is 0 Å². The van der Waals surface area contributed by atoms with Crippen LogP contribution in [0.5, 0.6) is 5.88 Å². The molecule has 0 radical (unpaired) electrons. The highest BCUT2D eigenvalue weighted by Crippen LogP contribution is 2.23. The van der Waals surface area contributed by atoms with Gasteiger partial charge in [-0.05, 0) is 12.8 Å². The Hall–Kier alpha value is -1.53. The first-order chi connectivity index (χ1) is 11.2. The van der Waals surface area contributed by atoms with E-state index >= 15 is 0 Å². The zero-order valence-corrected chi connectivity index (χ0v) is 15.0. The Morgan fingerprint density at radius 2 is 1.74 bits per heavy atom. The quantitative estimate of drug-likeness (QED) is 0.608. The maximum absolute atomic E-state index is 8.62. The highest BCUT2D eigenvalue weighted by atomic mass is 16.5. The second kappa shape index (κ2) is 14.1. The van der Waals surface area contributed by atoms with Gasteiger partial charge < -0.3 is 25.2 Å². The number of nitrogens with zero attached hydrogens (tertiary/aromatic N) is 2. The summed E-state index contributed by atoms with van der Waals surface area (Å²) in [6.45, 7) is 11.4.